The zero-order valence-corrected chi connectivity index (χ0v) is 10.1. The molecule has 2 unspecified atom stereocenters. The van der Waals surface area contributed by atoms with Crippen molar-refractivity contribution < 1.29 is 10.2 Å². The van der Waals surface area contributed by atoms with E-state index in [9.17, 15) is 10.2 Å². The minimum atomic E-state index is -1.10. The van der Waals surface area contributed by atoms with E-state index in [1.54, 1.807) is 13.1 Å². The summed E-state index contributed by atoms with van der Waals surface area (Å²) >= 11 is 0. The van der Waals surface area contributed by atoms with Crippen LogP contribution in [0.5, 0.6) is 0 Å². The fourth-order valence-corrected chi connectivity index (χ4v) is 1.82. The third kappa shape index (κ3) is 2.30. The summed E-state index contributed by atoms with van der Waals surface area (Å²) < 4.78 is 0. The first-order chi connectivity index (χ1) is 8.04. The first-order valence-corrected chi connectivity index (χ1v) is 5.79. The number of benzene rings is 1. The van der Waals surface area contributed by atoms with Crippen LogP contribution < -0.4 is 0 Å². The van der Waals surface area contributed by atoms with Crippen molar-refractivity contribution in [2.24, 2.45) is 0 Å². The number of pyridine rings is 1. The highest BCUT2D eigenvalue weighted by Gasteiger charge is 2.29. The van der Waals surface area contributed by atoms with Gasteiger partial charge in [0.15, 0.2) is 0 Å². The van der Waals surface area contributed by atoms with Crippen molar-refractivity contribution in [3.8, 4) is 0 Å². The Morgan fingerprint density at radius 3 is 2.82 bits per heavy atom. The van der Waals surface area contributed by atoms with Gasteiger partial charge in [0.25, 0.3) is 0 Å². The van der Waals surface area contributed by atoms with Crippen LogP contribution >= 0.6 is 0 Å². The fourth-order valence-electron chi connectivity index (χ4n) is 1.82. The Balaban J connectivity index is 2.43. The summed E-state index contributed by atoms with van der Waals surface area (Å²) in [5, 5.41) is 21.2. The Labute approximate surface area is 101 Å². The molecule has 2 aromatic rings. The number of hydrogen-bond donors (Lipinski definition) is 2. The minimum Gasteiger partial charge on any atom is -0.387 e. The lowest BCUT2D eigenvalue weighted by Gasteiger charge is -2.28. The van der Waals surface area contributed by atoms with Crippen molar-refractivity contribution in [3.63, 3.8) is 0 Å². The number of aliphatic hydroxyl groups excluding tert-OH is 1. The summed E-state index contributed by atoms with van der Waals surface area (Å²) in [5.41, 5.74) is 0.507. The smallest absolute Gasteiger partial charge is 0.107 e. The number of aromatic nitrogens is 1. The van der Waals surface area contributed by atoms with E-state index in [4.69, 9.17) is 0 Å². The summed E-state index contributed by atoms with van der Waals surface area (Å²) in [5.74, 6) is 0. The first kappa shape index (κ1) is 12.0. The largest absolute Gasteiger partial charge is 0.387 e. The van der Waals surface area contributed by atoms with Crippen LogP contribution in [0.1, 0.15) is 31.9 Å². The third-order valence-corrected chi connectivity index (χ3v) is 3.25. The van der Waals surface area contributed by atoms with Crippen LogP contribution in [0.4, 0.5) is 0 Å². The second-order valence-corrected chi connectivity index (χ2v) is 4.57. The average Bonchev–Trinajstić information content (AvgIpc) is 2.37. The van der Waals surface area contributed by atoms with Gasteiger partial charge in [-0.25, -0.2) is 0 Å². The molecule has 1 heterocycles. The molecular formula is C14H17NO2. The van der Waals surface area contributed by atoms with E-state index in [1.807, 2.05) is 37.3 Å². The van der Waals surface area contributed by atoms with Crippen LogP contribution in [0.25, 0.3) is 10.9 Å². The molecule has 17 heavy (non-hydrogen) atoms. The van der Waals surface area contributed by atoms with Crippen LogP contribution in [-0.2, 0) is 0 Å². The molecule has 0 aliphatic rings. The molecule has 90 valence electrons. The lowest BCUT2D eigenvalue weighted by molar-refractivity contribution is -0.0658. The molecular weight excluding hydrogens is 214 g/mol. The normalized spacial score (nSPS) is 16.7. The SMILES string of the molecule is CCC(C)(O)C(O)c1ccc2ncccc2c1. The van der Waals surface area contributed by atoms with Crippen molar-refractivity contribution >= 4 is 10.9 Å². The lowest BCUT2D eigenvalue weighted by atomic mass is 9.90. The molecule has 2 atom stereocenters. The Kier molecular flexibility index (Phi) is 3.13. The van der Waals surface area contributed by atoms with Crippen molar-refractivity contribution in [2.45, 2.75) is 32.0 Å². The zero-order chi connectivity index (χ0) is 12.5. The van der Waals surface area contributed by atoms with Crippen molar-refractivity contribution in [1.29, 1.82) is 0 Å². The summed E-state index contributed by atoms with van der Waals surface area (Å²) in [7, 11) is 0. The molecule has 0 saturated heterocycles. The lowest BCUT2D eigenvalue weighted by Crippen LogP contribution is -2.31. The molecule has 0 fully saturated rings. The van der Waals surface area contributed by atoms with Crippen LogP contribution in [-0.4, -0.2) is 20.8 Å². The summed E-state index contributed by atoms with van der Waals surface area (Å²) in [6.07, 6.45) is 1.36. The Bertz CT molecular complexity index is 522. The van der Waals surface area contributed by atoms with Crippen LogP contribution in [0, 0.1) is 0 Å². The number of hydrogen-bond acceptors (Lipinski definition) is 3. The molecule has 2 N–H and O–H groups in total. The van der Waals surface area contributed by atoms with Crippen LogP contribution in [0.3, 0.4) is 0 Å². The molecule has 0 aliphatic carbocycles. The molecule has 0 saturated carbocycles. The second kappa shape index (κ2) is 4.43. The van der Waals surface area contributed by atoms with Gasteiger partial charge in [0, 0.05) is 11.6 Å². The maximum atomic E-state index is 10.1. The highest BCUT2D eigenvalue weighted by Crippen LogP contribution is 2.29. The fraction of sp³-hybridized carbons (Fsp3) is 0.357. The van der Waals surface area contributed by atoms with Crippen molar-refractivity contribution in [3.05, 3.63) is 42.1 Å². The molecule has 2 rings (SSSR count). The molecule has 3 heteroatoms. The number of rotatable bonds is 3. The zero-order valence-electron chi connectivity index (χ0n) is 10.1. The van der Waals surface area contributed by atoms with E-state index >= 15 is 0 Å². The Morgan fingerprint density at radius 2 is 2.12 bits per heavy atom. The third-order valence-electron chi connectivity index (χ3n) is 3.25. The van der Waals surface area contributed by atoms with Crippen LogP contribution in [0.2, 0.25) is 0 Å². The highest BCUT2D eigenvalue weighted by atomic mass is 16.3. The van der Waals surface area contributed by atoms with Gasteiger partial charge in [-0.05, 0) is 37.1 Å². The van der Waals surface area contributed by atoms with Gasteiger partial charge >= 0.3 is 0 Å². The molecule has 1 aromatic heterocycles. The minimum absolute atomic E-state index is 0.499. The predicted molar refractivity (Wildman–Crippen MR) is 67.6 cm³/mol. The van der Waals surface area contributed by atoms with E-state index in [0.717, 1.165) is 16.5 Å². The van der Waals surface area contributed by atoms with Gasteiger partial charge in [0.05, 0.1) is 11.1 Å². The topological polar surface area (TPSA) is 53.4 Å². The molecule has 0 radical (unpaired) electrons. The van der Waals surface area contributed by atoms with Crippen LogP contribution in [0.15, 0.2) is 36.5 Å². The maximum Gasteiger partial charge on any atom is 0.107 e. The van der Waals surface area contributed by atoms with Gasteiger partial charge < -0.3 is 10.2 Å². The molecule has 1 aromatic carbocycles. The van der Waals surface area contributed by atoms with Gasteiger partial charge in [-0.2, -0.15) is 0 Å². The van der Waals surface area contributed by atoms with E-state index in [-0.39, 0.29) is 0 Å². The highest BCUT2D eigenvalue weighted by molar-refractivity contribution is 5.79. The van der Waals surface area contributed by atoms with E-state index in [2.05, 4.69) is 4.98 Å². The van der Waals surface area contributed by atoms with E-state index in [1.165, 1.54) is 0 Å². The number of fused-ring (bicyclic) bond motifs is 1. The maximum absolute atomic E-state index is 10.1. The molecule has 0 bridgehead atoms. The van der Waals surface area contributed by atoms with Crippen molar-refractivity contribution in [2.75, 3.05) is 0 Å². The summed E-state index contributed by atoms with van der Waals surface area (Å²) in [6.45, 7) is 3.50. The number of aliphatic hydroxyl groups is 2. The quantitative estimate of drug-likeness (QED) is 0.853. The second-order valence-electron chi connectivity index (χ2n) is 4.57. The monoisotopic (exact) mass is 231 g/mol. The van der Waals surface area contributed by atoms with Gasteiger partial charge in [-0.3, -0.25) is 4.98 Å². The van der Waals surface area contributed by atoms with Gasteiger partial charge in [0.2, 0.25) is 0 Å². The molecule has 0 aliphatic heterocycles. The summed E-state index contributed by atoms with van der Waals surface area (Å²) in [6, 6.07) is 9.34. The van der Waals surface area contributed by atoms with Gasteiger partial charge in [-0.1, -0.05) is 19.1 Å². The van der Waals surface area contributed by atoms with Gasteiger partial charge in [-0.15, -0.1) is 0 Å². The van der Waals surface area contributed by atoms with E-state index < -0.39 is 11.7 Å². The number of nitrogens with zero attached hydrogens (tertiary/aromatic N) is 1. The van der Waals surface area contributed by atoms with Crippen molar-refractivity contribution in [1.82, 2.24) is 4.98 Å². The molecule has 0 spiro atoms. The van der Waals surface area contributed by atoms with E-state index in [0.29, 0.717) is 6.42 Å². The molecule has 0 amide bonds. The first-order valence-electron chi connectivity index (χ1n) is 5.79. The standard InChI is InChI=1S/C14H17NO2/c1-3-14(2,17)13(16)11-6-7-12-10(9-11)5-4-8-15-12/h4-9,13,16-17H,3H2,1-2H3. The Hall–Kier alpha value is -1.45. The molecule has 3 nitrogen and oxygen atoms in total. The Morgan fingerprint density at radius 1 is 1.35 bits per heavy atom. The average molecular weight is 231 g/mol. The predicted octanol–water partition coefficient (Wildman–Crippen LogP) is 2.43. The van der Waals surface area contributed by atoms with Gasteiger partial charge in [0.1, 0.15) is 6.10 Å². The summed E-state index contributed by atoms with van der Waals surface area (Å²) in [4.78, 5) is 4.22.